The van der Waals surface area contributed by atoms with Crippen molar-refractivity contribution < 1.29 is 24.4 Å². The summed E-state index contributed by atoms with van der Waals surface area (Å²) in [6.07, 6.45) is 0.440. The summed E-state index contributed by atoms with van der Waals surface area (Å²) in [6, 6.07) is 1.06. The highest BCUT2D eigenvalue weighted by Gasteiger charge is 2.38. The Kier molecular flexibility index (Phi) is 8.66. The van der Waals surface area contributed by atoms with Gasteiger partial charge in [-0.2, -0.15) is 0 Å². The van der Waals surface area contributed by atoms with E-state index in [-0.39, 0.29) is 51.0 Å². The van der Waals surface area contributed by atoms with E-state index in [1.54, 1.807) is 33.8 Å². The smallest absolute Gasteiger partial charge is 0.259 e. The molecule has 0 amide bonds. The number of ether oxygens (including phenoxy) is 3. The zero-order valence-corrected chi connectivity index (χ0v) is 25.7. The van der Waals surface area contributed by atoms with Crippen LogP contribution in [0.1, 0.15) is 68.0 Å². The molecule has 0 fully saturated rings. The van der Waals surface area contributed by atoms with Gasteiger partial charge in [-0.25, -0.2) is 0 Å². The zero-order chi connectivity index (χ0) is 30.3. The van der Waals surface area contributed by atoms with Crippen LogP contribution in [-0.4, -0.2) is 68.8 Å². The van der Waals surface area contributed by atoms with Crippen molar-refractivity contribution in [2.24, 2.45) is 0 Å². The van der Waals surface area contributed by atoms with Gasteiger partial charge in [0.05, 0.1) is 24.2 Å². The molecule has 14 heteroatoms. The fraction of sp³-hybridized carbons (Fsp3) is 0.481. The van der Waals surface area contributed by atoms with Crippen molar-refractivity contribution >= 4 is 24.4 Å². The van der Waals surface area contributed by atoms with Crippen LogP contribution in [0.25, 0.3) is 0 Å². The first-order valence-electron chi connectivity index (χ1n) is 13.1. The summed E-state index contributed by atoms with van der Waals surface area (Å²) in [4.78, 5) is 34.7. The summed E-state index contributed by atoms with van der Waals surface area (Å²) < 4.78 is 20.1. The van der Waals surface area contributed by atoms with Crippen molar-refractivity contribution in [2.75, 3.05) is 34.5 Å². The molecule has 3 aromatic rings. The molecule has 3 heterocycles. The monoisotopic (exact) mass is 605 g/mol. The topological polar surface area (TPSA) is 147 Å². The number of benzene rings is 1. The number of nitrogens with zero attached hydrogens (tertiary/aromatic N) is 3. The maximum absolute atomic E-state index is 13.7. The molecule has 1 aromatic carbocycles. The Morgan fingerprint density at radius 2 is 1.46 bits per heavy atom. The van der Waals surface area contributed by atoms with Crippen LogP contribution in [-0.2, 0) is 6.42 Å². The quantitative estimate of drug-likeness (QED) is 0.266. The van der Waals surface area contributed by atoms with Gasteiger partial charge in [0.1, 0.15) is 0 Å². The lowest BCUT2D eigenvalue weighted by Crippen LogP contribution is -2.30. The summed E-state index contributed by atoms with van der Waals surface area (Å²) in [5.41, 5.74) is -0.873. The van der Waals surface area contributed by atoms with Gasteiger partial charge < -0.3 is 29.3 Å². The lowest BCUT2D eigenvalue weighted by atomic mass is 9.82. The molecule has 41 heavy (non-hydrogen) atoms. The van der Waals surface area contributed by atoms with Crippen LogP contribution in [0.4, 0.5) is 0 Å². The maximum atomic E-state index is 13.7. The largest absolute Gasteiger partial charge is 0.494 e. The number of H-pyrrole nitrogens is 2. The van der Waals surface area contributed by atoms with Crippen molar-refractivity contribution in [2.45, 2.75) is 52.1 Å². The molecule has 2 aromatic heterocycles. The van der Waals surface area contributed by atoms with E-state index >= 15 is 0 Å². The number of likely N-dealkylation sites (N-methyl/N-ethyl adjacent to an activating group) is 1. The Hall–Kier alpha value is -3.62. The molecule has 0 bridgehead atoms. The van der Waals surface area contributed by atoms with Gasteiger partial charge in [0, 0.05) is 24.2 Å². The molecular formula is C27H35N5O7S2. The normalized spacial score (nSPS) is 12.8. The van der Waals surface area contributed by atoms with E-state index in [4.69, 9.17) is 38.6 Å². The molecule has 0 spiro atoms. The number of aromatic hydroxyl groups is 2. The van der Waals surface area contributed by atoms with E-state index in [0.717, 1.165) is 0 Å². The average Bonchev–Trinajstić information content (AvgIpc) is 3.32. The van der Waals surface area contributed by atoms with E-state index in [9.17, 15) is 19.8 Å². The third-order valence-electron chi connectivity index (χ3n) is 6.98. The summed E-state index contributed by atoms with van der Waals surface area (Å²) in [6.45, 7) is 7.69. The molecule has 0 unspecified atom stereocenters. The fourth-order valence-electron chi connectivity index (χ4n) is 5.16. The van der Waals surface area contributed by atoms with Crippen molar-refractivity contribution in [3.63, 3.8) is 0 Å². The second kappa shape index (κ2) is 11.7. The lowest BCUT2D eigenvalue weighted by molar-refractivity contribution is 0.171. The van der Waals surface area contributed by atoms with Crippen LogP contribution in [0, 0.1) is 9.54 Å². The zero-order valence-electron chi connectivity index (χ0n) is 24.0. The summed E-state index contributed by atoms with van der Waals surface area (Å²) >= 11 is 10.7. The van der Waals surface area contributed by atoms with E-state index in [1.165, 1.54) is 16.2 Å². The van der Waals surface area contributed by atoms with Gasteiger partial charge in [0.15, 0.2) is 21.0 Å². The Morgan fingerprint density at radius 3 is 1.90 bits per heavy atom. The van der Waals surface area contributed by atoms with Crippen LogP contribution >= 0.6 is 24.4 Å². The molecule has 1 aliphatic rings. The van der Waals surface area contributed by atoms with Gasteiger partial charge in [0.25, 0.3) is 11.1 Å². The minimum atomic E-state index is -1.34. The van der Waals surface area contributed by atoms with Crippen LogP contribution in [0.3, 0.4) is 0 Å². The number of nitrogens with one attached hydrogen (secondary N) is 2. The lowest BCUT2D eigenvalue weighted by Gasteiger charge is -2.27. The second-order valence-corrected chi connectivity index (χ2v) is 11.4. The molecule has 4 rings (SSSR count). The fourth-order valence-corrected chi connectivity index (χ4v) is 5.94. The predicted molar refractivity (Wildman–Crippen MR) is 158 cm³/mol. The van der Waals surface area contributed by atoms with Crippen molar-refractivity contribution in [3.8, 4) is 29.0 Å². The molecule has 4 N–H and O–H groups in total. The van der Waals surface area contributed by atoms with E-state index < -0.39 is 28.8 Å². The Bertz CT molecular complexity index is 1630. The van der Waals surface area contributed by atoms with Crippen molar-refractivity contribution in [1.82, 2.24) is 24.0 Å². The highest BCUT2D eigenvalue weighted by molar-refractivity contribution is 7.71. The average molecular weight is 606 g/mol. The minimum Gasteiger partial charge on any atom is -0.494 e. The standard InChI is InChI=1S/C27H35N5O7S2/c1-12(2)31-24(35)18(22(33)28-26(31)40)17(19-23(34)29-27(41)32(13(3)4)25(19)36)16-14(8-9-30(5)6)10-15-20(21(16)37-7)39-11-38-15/h10,12-13,17,35-36H,8-9,11H2,1-7H3,(H,28,33,40)(H,29,34,41). The first-order chi connectivity index (χ1) is 19.3. The number of methoxy groups -OCH3 is 1. The molecule has 222 valence electrons. The minimum absolute atomic E-state index is 0.00626. The van der Waals surface area contributed by atoms with Crippen LogP contribution in [0.2, 0.25) is 0 Å². The highest BCUT2D eigenvalue weighted by atomic mass is 32.1. The summed E-state index contributed by atoms with van der Waals surface area (Å²) in [7, 11) is 5.26. The van der Waals surface area contributed by atoms with Crippen LogP contribution < -0.4 is 25.3 Å². The molecule has 12 nitrogen and oxygen atoms in total. The van der Waals surface area contributed by atoms with Gasteiger partial charge in [0.2, 0.25) is 24.3 Å². The third kappa shape index (κ3) is 5.38. The number of aromatic amines is 2. The van der Waals surface area contributed by atoms with Crippen LogP contribution in [0.15, 0.2) is 15.7 Å². The van der Waals surface area contributed by atoms with Gasteiger partial charge in [-0.15, -0.1) is 0 Å². The first-order valence-corrected chi connectivity index (χ1v) is 13.9. The van der Waals surface area contributed by atoms with Crippen LogP contribution in [0.5, 0.6) is 29.0 Å². The second-order valence-electron chi connectivity index (χ2n) is 10.6. The van der Waals surface area contributed by atoms with E-state index in [2.05, 4.69) is 9.97 Å². The molecule has 1 aliphatic heterocycles. The van der Waals surface area contributed by atoms with E-state index in [1.807, 2.05) is 19.0 Å². The number of hydrogen-bond donors (Lipinski definition) is 4. The highest BCUT2D eigenvalue weighted by Crippen LogP contribution is 2.51. The SMILES string of the molecule is COc1c2c(cc(CCN(C)C)c1C(c1c(O)n(C(C)C)c(=S)[nH]c1=O)c1c(O)n(C(C)C)c(=S)[nH]c1=O)OCO2. The Balaban J connectivity index is 2.27. The maximum Gasteiger partial charge on any atom is 0.259 e. The van der Waals surface area contributed by atoms with Crippen molar-refractivity contribution in [3.05, 3.63) is 58.6 Å². The first kappa shape index (κ1) is 30.3. The Labute approximate surface area is 246 Å². The van der Waals surface area contributed by atoms with Gasteiger partial charge in [-0.3, -0.25) is 28.7 Å². The molecule has 0 atom stereocenters. The summed E-state index contributed by atoms with van der Waals surface area (Å²) in [5.74, 6) is -1.32. The molecule has 0 saturated heterocycles. The molecule has 0 aliphatic carbocycles. The number of fused-ring (bicyclic) bond motifs is 1. The third-order valence-corrected chi connectivity index (χ3v) is 7.58. The predicted octanol–water partition coefficient (Wildman–Crippen LogP) is 3.72. The van der Waals surface area contributed by atoms with Gasteiger partial charge >= 0.3 is 0 Å². The molecule has 0 saturated carbocycles. The molecule has 0 radical (unpaired) electrons. The van der Waals surface area contributed by atoms with Crippen molar-refractivity contribution in [1.29, 1.82) is 0 Å². The van der Waals surface area contributed by atoms with E-state index in [0.29, 0.717) is 29.8 Å². The molecular weight excluding hydrogens is 570 g/mol. The number of aromatic nitrogens is 4. The Morgan fingerprint density at radius 1 is 0.951 bits per heavy atom. The number of rotatable bonds is 9. The van der Waals surface area contributed by atoms with Gasteiger partial charge in [-0.05, 0) is 84.3 Å². The number of hydrogen-bond acceptors (Lipinski definition) is 10. The summed E-state index contributed by atoms with van der Waals surface area (Å²) in [5, 5.41) is 23.3. The van der Waals surface area contributed by atoms with Gasteiger partial charge in [-0.1, -0.05) is 0 Å².